The molecule has 15 heteroatoms. The lowest BCUT2D eigenvalue weighted by atomic mass is 10.1. The van der Waals surface area contributed by atoms with Gasteiger partial charge in [-0.2, -0.15) is 13.2 Å². The van der Waals surface area contributed by atoms with Gasteiger partial charge in [-0.05, 0) is 44.5 Å². The van der Waals surface area contributed by atoms with Gasteiger partial charge in [-0.1, -0.05) is 22.9 Å². The maximum Gasteiger partial charge on any atom is 0.416 e. The van der Waals surface area contributed by atoms with E-state index in [1.807, 2.05) is 4.90 Å². The van der Waals surface area contributed by atoms with Crippen molar-refractivity contribution in [2.75, 3.05) is 49.5 Å². The first-order valence-electron chi connectivity index (χ1n) is 13.6. The van der Waals surface area contributed by atoms with Crippen LogP contribution < -0.4 is 10.2 Å². The van der Waals surface area contributed by atoms with E-state index in [0.717, 1.165) is 31.5 Å². The molecule has 2 saturated heterocycles. The van der Waals surface area contributed by atoms with E-state index in [1.54, 1.807) is 0 Å². The summed E-state index contributed by atoms with van der Waals surface area (Å²) in [5, 5.41) is 12.7. The fraction of sp³-hybridized carbons (Fsp3) is 0.481. The van der Waals surface area contributed by atoms with Crippen LogP contribution >= 0.6 is 22.9 Å². The van der Waals surface area contributed by atoms with Gasteiger partial charge in [0.2, 0.25) is 0 Å². The van der Waals surface area contributed by atoms with Crippen LogP contribution in [0, 0.1) is 5.82 Å². The fourth-order valence-electron chi connectivity index (χ4n) is 5.25. The number of carboxylic acids is 1. The summed E-state index contributed by atoms with van der Waals surface area (Å²) >= 11 is 7.98. The molecule has 2 aromatic heterocycles. The second-order valence-electron chi connectivity index (χ2n) is 10.4. The summed E-state index contributed by atoms with van der Waals surface area (Å²) in [5.74, 6) is -1.04. The Balaban J connectivity index is 1.41. The van der Waals surface area contributed by atoms with E-state index in [4.69, 9.17) is 16.7 Å². The van der Waals surface area contributed by atoms with E-state index in [1.165, 1.54) is 17.7 Å². The summed E-state index contributed by atoms with van der Waals surface area (Å²) in [4.78, 5) is 31.1. The minimum Gasteiger partial charge on any atom is -0.481 e. The number of anilines is 3. The van der Waals surface area contributed by atoms with Gasteiger partial charge in [-0.15, -0.1) is 0 Å². The summed E-state index contributed by atoms with van der Waals surface area (Å²) in [6, 6.07) is 2.77. The monoisotopic (exact) mass is 627 g/mol. The van der Waals surface area contributed by atoms with Crippen LogP contribution in [0.4, 0.5) is 34.3 Å². The molecule has 0 spiro atoms. The number of likely N-dealkylation sites (tertiary alicyclic amines) is 1. The zero-order chi connectivity index (χ0) is 30.0. The Labute approximate surface area is 249 Å². The van der Waals surface area contributed by atoms with Crippen molar-refractivity contribution in [1.29, 1.82) is 0 Å². The van der Waals surface area contributed by atoms with Crippen LogP contribution in [0.15, 0.2) is 24.5 Å². The molecule has 1 aromatic carbocycles. The molecular formula is C27H30ClF4N7O2S. The predicted molar refractivity (Wildman–Crippen MR) is 153 cm³/mol. The Morgan fingerprint density at radius 3 is 2.60 bits per heavy atom. The third-order valence-corrected chi connectivity index (χ3v) is 8.85. The molecule has 226 valence electrons. The van der Waals surface area contributed by atoms with Crippen molar-refractivity contribution in [3.8, 4) is 11.3 Å². The molecule has 2 fully saturated rings. The van der Waals surface area contributed by atoms with Crippen LogP contribution in [0.3, 0.4) is 0 Å². The van der Waals surface area contributed by atoms with Gasteiger partial charge in [-0.25, -0.2) is 19.3 Å². The molecule has 1 atom stereocenters. The second kappa shape index (κ2) is 12.7. The standard InChI is InChI=1S/C27H30ClF4N7O2S/c1-16-3-2-5-39(16)14-20-23(17-11-18(27(30,31)32)13-19(29)12-17)35-26(42-20)36-24-22(28)25(34-15-33-24)38-9-7-37(8-10-38)6-4-21(40)41/h11-13,15-16H,2-10,14H2,1H3,(H,40,41)(H,33,34,35,36)/t16-/m1/s1. The van der Waals surface area contributed by atoms with Crippen molar-refractivity contribution in [1.82, 2.24) is 24.8 Å². The van der Waals surface area contributed by atoms with Gasteiger partial charge in [0.1, 0.15) is 17.2 Å². The first-order chi connectivity index (χ1) is 20.0. The predicted octanol–water partition coefficient (Wildman–Crippen LogP) is 5.74. The highest BCUT2D eigenvalue weighted by atomic mass is 35.5. The van der Waals surface area contributed by atoms with Crippen LogP contribution in [0.5, 0.6) is 0 Å². The Bertz CT molecular complexity index is 1430. The van der Waals surface area contributed by atoms with E-state index in [-0.39, 0.29) is 28.5 Å². The van der Waals surface area contributed by atoms with Crippen LogP contribution in [0.1, 0.15) is 36.6 Å². The smallest absolute Gasteiger partial charge is 0.416 e. The summed E-state index contributed by atoms with van der Waals surface area (Å²) < 4.78 is 54.9. The average Bonchev–Trinajstić information content (AvgIpc) is 3.53. The summed E-state index contributed by atoms with van der Waals surface area (Å²) in [7, 11) is 0. The molecule has 0 bridgehead atoms. The summed E-state index contributed by atoms with van der Waals surface area (Å²) in [6.07, 6.45) is -1.23. The lowest BCUT2D eigenvalue weighted by Gasteiger charge is -2.35. The van der Waals surface area contributed by atoms with E-state index in [0.29, 0.717) is 67.2 Å². The number of hydrogen-bond donors (Lipinski definition) is 2. The minimum atomic E-state index is -4.70. The number of aliphatic carboxylic acids is 1. The summed E-state index contributed by atoms with van der Waals surface area (Å²) in [5.41, 5.74) is -0.759. The van der Waals surface area contributed by atoms with E-state index in [9.17, 15) is 22.4 Å². The maximum atomic E-state index is 14.4. The van der Waals surface area contributed by atoms with E-state index < -0.39 is 23.5 Å². The van der Waals surface area contributed by atoms with Crippen molar-refractivity contribution < 1.29 is 27.5 Å². The molecule has 9 nitrogen and oxygen atoms in total. The lowest BCUT2D eigenvalue weighted by Crippen LogP contribution is -2.47. The number of carboxylic acid groups (broad SMARTS) is 1. The molecule has 2 N–H and O–H groups in total. The second-order valence-corrected chi connectivity index (χ2v) is 11.9. The number of hydrogen-bond acceptors (Lipinski definition) is 9. The molecule has 5 rings (SSSR count). The lowest BCUT2D eigenvalue weighted by molar-refractivity contribution is -0.138. The number of alkyl halides is 3. The first-order valence-corrected chi connectivity index (χ1v) is 14.8. The number of piperazine rings is 1. The SMILES string of the molecule is C[C@@H]1CCCN1Cc1sc(Nc2ncnc(N3CCN(CCC(=O)O)CC3)c2Cl)nc1-c1cc(F)cc(C(F)(F)F)c1. The van der Waals surface area contributed by atoms with E-state index >= 15 is 0 Å². The molecule has 2 aliphatic heterocycles. The molecule has 0 aliphatic carbocycles. The normalized spacial score (nSPS) is 18.5. The first kappa shape index (κ1) is 30.4. The number of carbonyl (C=O) groups is 1. The van der Waals surface area contributed by atoms with Crippen molar-refractivity contribution in [3.63, 3.8) is 0 Å². The van der Waals surface area contributed by atoms with Crippen LogP contribution in [-0.2, 0) is 17.5 Å². The number of halogens is 5. The van der Waals surface area contributed by atoms with Crippen LogP contribution in [0.2, 0.25) is 5.02 Å². The molecule has 3 aromatic rings. The van der Waals surface area contributed by atoms with Gasteiger partial charge >= 0.3 is 12.1 Å². The fourth-order valence-corrected chi connectivity index (χ4v) is 6.52. The largest absolute Gasteiger partial charge is 0.481 e. The van der Waals surface area contributed by atoms with Gasteiger partial charge in [-0.3, -0.25) is 14.6 Å². The minimum absolute atomic E-state index is 0.0451. The van der Waals surface area contributed by atoms with Gasteiger partial charge in [0.25, 0.3) is 0 Å². The van der Waals surface area contributed by atoms with E-state index in [2.05, 4.69) is 37.0 Å². The van der Waals surface area contributed by atoms with Gasteiger partial charge in [0.05, 0.1) is 17.7 Å². The molecule has 4 heterocycles. The number of thiazole rings is 1. The molecular weight excluding hydrogens is 598 g/mol. The van der Waals surface area contributed by atoms with Crippen molar-refractivity contribution >= 4 is 45.7 Å². The number of rotatable bonds is 9. The highest BCUT2D eigenvalue weighted by Gasteiger charge is 2.32. The molecule has 0 unspecified atom stereocenters. The molecule has 2 aliphatic rings. The molecule has 0 amide bonds. The maximum absolute atomic E-state index is 14.4. The number of nitrogens with one attached hydrogen (secondary N) is 1. The van der Waals surface area contributed by atoms with Gasteiger partial charge in [0.15, 0.2) is 16.8 Å². The van der Waals surface area contributed by atoms with Gasteiger partial charge < -0.3 is 15.3 Å². The van der Waals surface area contributed by atoms with Crippen LogP contribution in [0.25, 0.3) is 11.3 Å². The Morgan fingerprint density at radius 1 is 1.17 bits per heavy atom. The zero-order valence-electron chi connectivity index (χ0n) is 22.8. The Kier molecular flexibility index (Phi) is 9.16. The van der Waals surface area contributed by atoms with Crippen molar-refractivity contribution in [2.45, 2.75) is 44.9 Å². The molecule has 0 saturated carbocycles. The summed E-state index contributed by atoms with van der Waals surface area (Å²) in [6.45, 7) is 6.37. The number of aromatic nitrogens is 3. The highest BCUT2D eigenvalue weighted by molar-refractivity contribution is 7.16. The Morgan fingerprint density at radius 2 is 1.93 bits per heavy atom. The number of nitrogens with zero attached hydrogens (tertiary/aromatic N) is 6. The Hall–Kier alpha value is -3.07. The highest BCUT2D eigenvalue weighted by Crippen LogP contribution is 2.39. The third kappa shape index (κ3) is 7.10. The van der Waals surface area contributed by atoms with Crippen molar-refractivity contribution in [3.05, 3.63) is 45.8 Å². The quantitative estimate of drug-likeness (QED) is 0.288. The van der Waals surface area contributed by atoms with Crippen LogP contribution in [-0.4, -0.2) is 81.1 Å². The molecule has 42 heavy (non-hydrogen) atoms. The number of benzene rings is 1. The zero-order valence-corrected chi connectivity index (χ0v) is 24.4. The van der Waals surface area contributed by atoms with Gasteiger partial charge in [0, 0.05) is 55.8 Å². The third-order valence-electron chi connectivity index (χ3n) is 7.54. The topological polar surface area (TPSA) is 97.7 Å². The average molecular weight is 628 g/mol. The molecule has 0 radical (unpaired) electrons. The van der Waals surface area contributed by atoms with Crippen molar-refractivity contribution in [2.24, 2.45) is 0 Å².